The summed E-state index contributed by atoms with van der Waals surface area (Å²) in [5, 5.41) is 9.19. The fourth-order valence-electron chi connectivity index (χ4n) is 3.94. The lowest BCUT2D eigenvalue weighted by Gasteiger charge is -2.29. The fourth-order valence-corrected chi connectivity index (χ4v) is 3.94. The van der Waals surface area contributed by atoms with Gasteiger partial charge in [-0.25, -0.2) is 0 Å². The minimum absolute atomic E-state index is 0.0166. The van der Waals surface area contributed by atoms with Gasteiger partial charge in [-0.05, 0) is 35.6 Å². The van der Waals surface area contributed by atoms with Crippen LogP contribution in [-0.4, -0.2) is 37.1 Å². The van der Waals surface area contributed by atoms with E-state index in [1.165, 1.54) is 11.1 Å². The summed E-state index contributed by atoms with van der Waals surface area (Å²) in [5.41, 5.74) is 2.99. The van der Waals surface area contributed by atoms with Gasteiger partial charge in [0, 0.05) is 18.3 Å². The Morgan fingerprint density at radius 2 is 1.84 bits per heavy atom. The predicted octanol–water partition coefficient (Wildman–Crippen LogP) is 2.64. The van der Waals surface area contributed by atoms with Crippen LogP contribution in [0.3, 0.4) is 0 Å². The summed E-state index contributed by atoms with van der Waals surface area (Å²) in [6.45, 7) is 5.62. The average Bonchev–Trinajstić information content (AvgIpc) is 2.81. The van der Waals surface area contributed by atoms with Crippen molar-refractivity contribution in [3.63, 3.8) is 0 Å². The molecule has 0 spiro atoms. The summed E-state index contributed by atoms with van der Waals surface area (Å²) in [6.07, 6.45) is 1.37. The number of hydrogen-bond acceptors (Lipinski definition) is 5. The third-order valence-corrected chi connectivity index (χ3v) is 6.00. The molecule has 4 rings (SSSR count). The normalized spacial score (nSPS) is 19.0. The van der Waals surface area contributed by atoms with Gasteiger partial charge < -0.3 is 25.4 Å². The van der Waals surface area contributed by atoms with Crippen LogP contribution in [0.25, 0.3) is 0 Å². The molecule has 2 amide bonds. The number of benzene rings is 2. The van der Waals surface area contributed by atoms with Gasteiger partial charge in [-0.1, -0.05) is 44.5 Å². The first-order valence-corrected chi connectivity index (χ1v) is 10.9. The van der Waals surface area contributed by atoms with Crippen molar-refractivity contribution in [2.45, 2.75) is 45.3 Å². The van der Waals surface area contributed by atoms with Gasteiger partial charge >= 0.3 is 0 Å². The minimum Gasteiger partial charge on any atom is -0.486 e. The van der Waals surface area contributed by atoms with Crippen molar-refractivity contribution in [3.05, 3.63) is 53.6 Å². The highest BCUT2D eigenvalue weighted by molar-refractivity contribution is 5.98. The quantitative estimate of drug-likeness (QED) is 0.665. The van der Waals surface area contributed by atoms with Crippen molar-refractivity contribution in [1.29, 1.82) is 0 Å². The zero-order valence-corrected chi connectivity index (χ0v) is 17.9. The zero-order valence-electron chi connectivity index (χ0n) is 17.9. The van der Waals surface area contributed by atoms with E-state index in [1.807, 2.05) is 26.0 Å². The first kappa shape index (κ1) is 21.2. The van der Waals surface area contributed by atoms with E-state index < -0.39 is 6.04 Å². The molecule has 0 unspecified atom stereocenters. The van der Waals surface area contributed by atoms with Crippen LogP contribution in [-0.2, 0) is 22.6 Å². The van der Waals surface area contributed by atoms with Crippen LogP contribution in [0.2, 0.25) is 0 Å². The molecule has 0 radical (unpaired) electrons. The summed E-state index contributed by atoms with van der Waals surface area (Å²) >= 11 is 0. The molecule has 2 aliphatic rings. The third kappa shape index (κ3) is 4.82. The highest BCUT2D eigenvalue weighted by Crippen LogP contribution is 2.32. The number of hydrogen-bond donors (Lipinski definition) is 3. The summed E-state index contributed by atoms with van der Waals surface area (Å²) in [7, 11) is 0. The van der Waals surface area contributed by atoms with Gasteiger partial charge in [0.1, 0.15) is 19.3 Å². The molecule has 31 heavy (non-hydrogen) atoms. The number of ether oxygens (including phenoxy) is 2. The maximum Gasteiger partial charge on any atom is 0.247 e. The molecule has 2 aromatic rings. The van der Waals surface area contributed by atoms with Gasteiger partial charge in [-0.2, -0.15) is 0 Å². The Balaban J connectivity index is 1.43. The number of carbonyl (C=O) groups is 2. The maximum absolute atomic E-state index is 13.1. The van der Waals surface area contributed by atoms with E-state index in [-0.39, 0.29) is 23.8 Å². The van der Waals surface area contributed by atoms with Crippen molar-refractivity contribution < 1.29 is 19.1 Å². The van der Waals surface area contributed by atoms with Crippen LogP contribution in [0.4, 0.5) is 5.69 Å². The van der Waals surface area contributed by atoms with E-state index in [9.17, 15) is 9.59 Å². The third-order valence-electron chi connectivity index (χ3n) is 6.00. The highest BCUT2D eigenvalue weighted by Gasteiger charge is 2.31. The van der Waals surface area contributed by atoms with E-state index in [0.29, 0.717) is 43.4 Å². The Kier molecular flexibility index (Phi) is 6.42. The molecule has 0 aliphatic carbocycles. The molecule has 0 bridgehead atoms. The molecule has 0 fully saturated rings. The van der Waals surface area contributed by atoms with Gasteiger partial charge in [0.2, 0.25) is 11.8 Å². The van der Waals surface area contributed by atoms with Crippen LogP contribution >= 0.6 is 0 Å². The molecule has 164 valence electrons. The predicted molar refractivity (Wildman–Crippen MR) is 118 cm³/mol. The lowest BCUT2D eigenvalue weighted by atomic mass is 9.94. The molecule has 7 heteroatoms. The van der Waals surface area contributed by atoms with Crippen molar-refractivity contribution in [2.24, 2.45) is 5.92 Å². The van der Waals surface area contributed by atoms with Crippen molar-refractivity contribution in [2.75, 3.05) is 18.5 Å². The topological polar surface area (TPSA) is 88.7 Å². The second-order valence-corrected chi connectivity index (χ2v) is 8.13. The fraction of sp³-hybridized carbons (Fsp3) is 0.417. The van der Waals surface area contributed by atoms with Crippen molar-refractivity contribution >= 4 is 17.5 Å². The molecule has 2 aromatic carbocycles. The van der Waals surface area contributed by atoms with E-state index in [4.69, 9.17) is 9.47 Å². The van der Waals surface area contributed by atoms with Crippen LogP contribution in [0.5, 0.6) is 11.5 Å². The van der Waals surface area contributed by atoms with Gasteiger partial charge in [-0.3, -0.25) is 9.59 Å². The zero-order chi connectivity index (χ0) is 21.8. The van der Waals surface area contributed by atoms with E-state index in [0.717, 1.165) is 6.42 Å². The number of rotatable bonds is 6. The van der Waals surface area contributed by atoms with Crippen LogP contribution < -0.4 is 25.4 Å². The smallest absolute Gasteiger partial charge is 0.247 e. The van der Waals surface area contributed by atoms with Crippen molar-refractivity contribution in [1.82, 2.24) is 10.6 Å². The number of carbonyl (C=O) groups excluding carboxylic acids is 2. The van der Waals surface area contributed by atoms with Crippen molar-refractivity contribution in [3.8, 4) is 11.5 Å². The van der Waals surface area contributed by atoms with Crippen LogP contribution in [0, 0.1) is 5.92 Å². The van der Waals surface area contributed by atoms with Crippen LogP contribution in [0.1, 0.15) is 31.4 Å². The average molecular weight is 424 g/mol. The molecule has 2 aliphatic heterocycles. The summed E-state index contributed by atoms with van der Waals surface area (Å²) in [6, 6.07) is 12.4. The number of fused-ring (bicyclic) bond motifs is 2. The molecule has 0 saturated carbocycles. The van der Waals surface area contributed by atoms with Gasteiger partial charge in [-0.15, -0.1) is 0 Å². The summed E-state index contributed by atoms with van der Waals surface area (Å²) < 4.78 is 11.1. The van der Waals surface area contributed by atoms with Gasteiger partial charge in [0.25, 0.3) is 0 Å². The lowest BCUT2D eigenvalue weighted by molar-refractivity contribution is -0.129. The largest absolute Gasteiger partial charge is 0.486 e. The molecule has 3 N–H and O–H groups in total. The number of amides is 2. The minimum atomic E-state index is -0.635. The Hall–Kier alpha value is -3.06. The number of anilines is 1. The van der Waals surface area contributed by atoms with E-state index in [2.05, 4.69) is 28.1 Å². The Labute approximate surface area is 182 Å². The highest BCUT2D eigenvalue weighted by atomic mass is 16.6. The van der Waals surface area contributed by atoms with E-state index >= 15 is 0 Å². The molecule has 0 saturated heterocycles. The molecular weight excluding hydrogens is 394 g/mol. The lowest BCUT2D eigenvalue weighted by Crippen LogP contribution is -2.55. The van der Waals surface area contributed by atoms with E-state index in [1.54, 1.807) is 18.2 Å². The van der Waals surface area contributed by atoms with Gasteiger partial charge in [0.05, 0.1) is 6.04 Å². The summed E-state index contributed by atoms with van der Waals surface area (Å²) in [4.78, 5) is 26.1. The second kappa shape index (κ2) is 9.39. The SMILES string of the molecule is CC[C@@H](C)[C@@H](NC(=O)[C@@H]1Cc2ccccc2CN1)C(=O)Nc1ccc2c(c1)OCCO2. The monoisotopic (exact) mass is 423 g/mol. The Morgan fingerprint density at radius 3 is 2.61 bits per heavy atom. The molecule has 2 heterocycles. The first-order valence-electron chi connectivity index (χ1n) is 10.9. The summed E-state index contributed by atoms with van der Waals surface area (Å²) in [5.74, 6) is 0.864. The van der Waals surface area contributed by atoms with Gasteiger partial charge in [0.15, 0.2) is 11.5 Å². The molecule has 0 aromatic heterocycles. The first-order chi connectivity index (χ1) is 15.0. The molecular formula is C24H29N3O4. The molecule has 7 nitrogen and oxygen atoms in total. The Bertz CT molecular complexity index is 962. The maximum atomic E-state index is 13.1. The Morgan fingerprint density at radius 1 is 1.10 bits per heavy atom. The second-order valence-electron chi connectivity index (χ2n) is 8.13. The number of nitrogens with one attached hydrogen (secondary N) is 3. The standard InChI is InChI=1S/C24H29N3O4/c1-3-15(2)22(24(29)26-18-8-9-20-21(13-18)31-11-10-30-20)27-23(28)19-12-16-6-4-5-7-17(16)14-25-19/h4-9,13,15,19,22,25H,3,10-12,14H2,1-2H3,(H,26,29)(H,27,28)/t15-,19+,22-/m1/s1. The molecule has 3 atom stereocenters. The van der Waals surface area contributed by atoms with Crippen LogP contribution in [0.15, 0.2) is 42.5 Å².